The maximum absolute atomic E-state index is 13.9. The predicted octanol–water partition coefficient (Wildman–Crippen LogP) is 2.65. The fourth-order valence-electron chi connectivity index (χ4n) is 3.15. The van der Waals surface area contributed by atoms with Crippen LogP contribution in [0.4, 0.5) is 21.6 Å². The number of carbonyl (C=O) groups is 1. The van der Waals surface area contributed by atoms with Crippen molar-refractivity contribution < 1.29 is 19.0 Å². The van der Waals surface area contributed by atoms with E-state index in [4.69, 9.17) is 0 Å². The first kappa shape index (κ1) is 21.5. The molecule has 1 N–H and O–H groups in total. The minimum absolute atomic E-state index is 0.115. The summed E-state index contributed by atoms with van der Waals surface area (Å²) in [6.07, 6.45) is 0. The van der Waals surface area contributed by atoms with Crippen molar-refractivity contribution in [2.75, 3.05) is 5.32 Å². The molecule has 0 saturated heterocycles. The summed E-state index contributed by atoms with van der Waals surface area (Å²) in [5.74, 6) is -1.91. The Balaban J connectivity index is 1.81. The number of anilines is 1. The van der Waals surface area contributed by atoms with Crippen molar-refractivity contribution in [2.24, 2.45) is 0 Å². The van der Waals surface area contributed by atoms with Crippen LogP contribution in [0.3, 0.4) is 0 Å². The quantitative estimate of drug-likeness (QED) is 0.446. The van der Waals surface area contributed by atoms with E-state index in [-0.39, 0.29) is 18.1 Å². The highest BCUT2D eigenvalue weighted by Crippen LogP contribution is 2.29. The fraction of sp³-hybridized carbons (Fsp3) is 0.278. The molecule has 0 saturated carbocycles. The number of hydrogen-bond acceptors (Lipinski definition) is 7. The van der Waals surface area contributed by atoms with Gasteiger partial charge in [0.05, 0.1) is 33.6 Å². The molecular formula is C18H18FN7O5. The van der Waals surface area contributed by atoms with Crippen LogP contribution in [0.1, 0.15) is 22.6 Å². The number of aryl methyl sites for hydroxylation is 1. The van der Waals surface area contributed by atoms with Gasteiger partial charge in [-0.3, -0.25) is 19.6 Å². The van der Waals surface area contributed by atoms with Crippen molar-refractivity contribution in [3.63, 3.8) is 0 Å². The molecule has 0 radical (unpaired) electrons. The Morgan fingerprint density at radius 2 is 1.74 bits per heavy atom. The van der Waals surface area contributed by atoms with Gasteiger partial charge in [0, 0.05) is 5.56 Å². The van der Waals surface area contributed by atoms with Gasteiger partial charge in [-0.05, 0) is 31.8 Å². The summed E-state index contributed by atoms with van der Waals surface area (Å²) < 4.78 is 16.4. The van der Waals surface area contributed by atoms with Crippen LogP contribution in [0.25, 0.3) is 0 Å². The number of hydrogen-bond donors (Lipinski definition) is 1. The molecule has 0 atom stereocenters. The zero-order valence-electron chi connectivity index (χ0n) is 16.8. The summed E-state index contributed by atoms with van der Waals surface area (Å²) in [5, 5.41) is 32.7. The topological polar surface area (TPSA) is 151 Å². The summed E-state index contributed by atoms with van der Waals surface area (Å²) in [5.41, 5.74) is 1.01. The van der Waals surface area contributed by atoms with Crippen LogP contribution < -0.4 is 5.32 Å². The molecule has 13 heteroatoms. The van der Waals surface area contributed by atoms with Crippen LogP contribution >= 0.6 is 0 Å². The van der Waals surface area contributed by atoms with Gasteiger partial charge >= 0.3 is 11.5 Å². The number of nitrogens with one attached hydrogen (secondary N) is 1. The van der Waals surface area contributed by atoms with E-state index in [9.17, 15) is 29.4 Å². The van der Waals surface area contributed by atoms with Crippen molar-refractivity contribution in [3.05, 3.63) is 73.0 Å². The first-order valence-corrected chi connectivity index (χ1v) is 9.03. The number of aromatic nitrogens is 4. The Kier molecular flexibility index (Phi) is 5.77. The van der Waals surface area contributed by atoms with Gasteiger partial charge in [-0.25, -0.2) is 4.39 Å². The number of nitro groups is 2. The number of rotatable bonds is 7. The monoisotopic (exact) mass is 431 g/mol. The number of benzene rings is 1. The molecule has 0 unspecified atom stereocenters. The molecule has 3 aromatic rings. The van der Waals surface area contributed by atoms with E-state index in [2.05, 4.69) is 15.5 Å². The first-order chi connectivity index (χ1) is 14.6. The number of nitrogens with zero attached hydrogens (tertiary/aromatic N) is 6. The number of carbonyl (C=O) groups excluding carboxylic acids is 1. The van der Waals surface area contributed by atoms with Crippen LogP contribution in [0.15, 0.2) is 24.3 Å². The SMILES string of the molecule is Cc1nn(Cc2ccccc2F)c(C)c1NC(=O)Cn1nc([N+](=O)[O-])c([N+](=O)[O-])c1C. The summed E-state index contributed by atoms with van der Waals surface area (Å²) in [6.45, 7) is 4.32. The van der Waals surface area contributed by atoms with E-state index in [0.717, 1.165) is 4.68 Å². The summed E-state index contributed by atoms with van der Waals surface area (Å²) in [4.78, 5) is 32.8. The van der Waals surface area contributed by atoms with Crippen LogP contribution in [0, 0.1) is 46.8 Å². The molecule has 2 heterocycles. The normalized spacial score (nSPS) is 10.8. The maximum atomic E-state index is 13.9. The molecule has 31 heavy (non-hydrogen) atoms. The molecule has 0 spiro atoms. The van der Waals surface area contributed by atoms with Crippen LogP contribution in [-0.2, 0) is 17.9 Å². The van der Waals surface area contributed by atoms with Crippen molar-refractivity contribution in [2.45, 2.75) is 33.9 Å². The standard InChI is InChI=1S/C18H18FN7O5/c1-10-16(11(2)23(21-10)8-13-6-4-5-7-14(13)19)20-15(27)9-24-12(3)17(25(28)29)18(22-24)26(30)31/h4-7H,8-9H2,1-3H3,(H,20,27). The molecule has 0 fully saturated rings. The Morgan fingerprint density at radius 3 is 2.32 bits per heavy atom. The fourth-order valence-corrected chi connectivity index (χ4v) is 3.15. The number of amides is 1. The van der Waals surface area contributed by atoms with E-state index in [1.165, 1.54) is 17.7 Å². The second-order valence-electron chi connectivity index (χ2n) is 6.77. The van der Waals surface area contributed by atoms with Crippen molar-refractivity contribution >= 4 is 23.1 Å². The maximum Gasteiger partial charge on any atom is 0.468 e. The molecule has 12 nitrogen and oxygen atoms in total. The zero-order valence-corrected chi connectivity index (χ0v) is 16.8. The predicted molar refractivity (Wildman–Crippen MR) is 106 cm³/mol. The molecule has 162 valence electrons. The minimum atomic E-state index is -0.972. The molecular weight excluding hydrogens is 413 g/mol. The summed E-state index contributed by atoms with van der Waals surface area (Å²) in [6, 6.07) is 6.26. The Labute approximate surface area is 174 Å². The van der Waals surface area contributed by atoms with Gasteiger partial charge in [0.1, 0.15) is 18.1 Å². The highest BCUT2D eigenvalue weighted by Gasteiger charge is 2.35. The van der Waals surface area contributed by atoms with Gasteiger partial charge in [0.25, 0.3) is 0 Å². The first-order valence-electron chi connectivity index (χ1n) is 9.03. The van der Waals surface area contributed by atoms with Crippen LogP contribution in [0.5, 0.6) is 0 Å². The zero-order chi connectivity index (χ0) is 22.9. The second-order valence-corrected chi connectivity index (χ2v) is 6.77. The Bertz CT molecular complexity index is 1200. The Hall–Kier alpha value is -4.16. The molecule has 0 aliphatic heterocycles. The largest absolute Gasteiger partial charge is 0.468 e. The summed E-state index contributed by atoms with van der Waals surface area (Å²) in [7, 11) is 0. The average molecular weight is 431 g/mol. The minimum Gasteiger partial charge on any atom is -0.358 e. The molecule has 1 amide bonds. The lowest BCUT2D eigenvalue weighted by Gasteiger charge is -2.08. The van der Waals surface area contributed by atoms with Gasteiger partial charge < -0.3 is 15.4 Å². The third-order valence-corrected chi connectivity index (χ3v) is 4.73. The van der Waals surface area contributed by atoms with Gasteiger partial charge in [-0.1, -0.05) is 18.2 Å². The molecule has 2 aromatic heterocycles. The lowest BCUT2D eigenvalue weighted by atomic mass is 10.2. The smallest absolute Gasteiger partial charge is 0.358 e. The summed E-state index contributed by atoms with van der Waals surface area (Å²) >= 11 is 0. The Morgan fingerprint density at radius 1 is 1.06 bits per heavy atom. The van der Waals surface area contributed by atoms with Gasteiger partial charge in [-0.2, -0.15) is 9.78 Å². The molecule has 1 aromatic carbocycles. The molecule has 0 aliphatic rings. The highest BCUT2D eigenvalue weighted by atomic mass is 19.1. The number of halogens is 1. The van der Waals surface area contributed by atoms with Crippen molar-refractivity contribution in [3.8, 4) is 0 Å². The molecule has 0 bridgehead atoms. The average Bonchev–Trinajstić information content (AvgIpc) is 3.15. The molecule has 0 aliphatic carbocycles. The lowest BCUT2D eigenvalue weighted by molar-refractivity contribution is -0.424. The van der Waals surface area contributed by atoms with E-state index in [1.54, 1.807) is 32.0 Å². The third-order valence-electron chi connectivity index (χ3n) is 4.73. The van der Waals surface area contributed by atoms with Crippen molar-refractivity contribution in [1.82, 2.24) is 19.6 Å². The second kappa shape index (κ2) is 8.30. The third kappa shape index (κ3) is 4.24. The van der Waals surface area contributed by atoms with Crippen LogP contribution in [0.2, 0.25) is 0 Å². The van der Waals surface area contributed by atoms with Gasteiger partial charge in [0.15, 0.2) is 0 Å². The van der Waals surface area contributed by atoms with Crippen LogP contribution in [-0.4, -0.2) is 35.3 Å². The van der Waals surface area contributed by atoms with Gasteiger partial charge in [0.2, 0.25) is 5.91 Å². The van der Waals surface area contributed by atoms with Crippen molar-refractivity contribution in [1.29, 1.82) is 0 Å². The highest BCUT2D eigenvalue weighted by molar-refractivity contribution is 5.91. The lowest BCUT2D eigenvalue weighted by Crippen LogP contribution is -2.21. The van der Waals surface area contributed by atoms with E-state index in [0.29, 0.717) is 22.6 Å². The van der Waals surface area contributed by atoms with Gasteiger partial charge in [-0.15, -0.1) is 0 Å². The molecule has 3 rings (SSSR count). The van der Waals surface area contributed by atoms with E-state index >= 15 is 0 Å². The van der Waals surface area contributed by atoms with E-state index in [1.807, 2.05) is 0 Å². The van der Waals surface area contributed by atoms with E-state index < -0.39 is 33.8 Å².